The molecule has 200 valence electrons. The maximum Gasteiger partial charge on any atom is 0.302 e. The van der Waals surface area contributed by atoms with Gasteiger partial charge in [0.2, 0.25) is 0 Å². The molecule has 0 spiro atoms. The molecule has 0 heterocycles. The van der Waals surface area contributed by atoms with Gasteiger partial charge in [-0.2, -0.15) is 0 Å². The molecule has 0 aromatic rings. The molecule has 0 amide bonds. The van der Waals surface area contributed by atoms with Gasteiger partial charge in [0.15, 0.2) is 0 Å². The van der Waals surface area contributed by atoms with Crippen LogP contribution in [0, 0.1) is 40.4 Å². The highest BCUT2D eigenvalue weighted by Gasteiger charge is 2.57. The van der Waals surface area contributed by atoms with Crippen LogP contribution in [0.2, 0.25) is 0 Å². The molecule has 3 aliphatic rings. The summed E-state index contributed by atoms with van der Waals surface area (Å²) in [6.45, 7) is 9.90. The average molecular weight is 493 g/mol. The number of aliphatic hydroxyl groups is 3. The van der Waals surface area contributed by atoms with Crippen LogP contribution in [0.5, 0.6) is 0 Å². The van der Waals surface area contributed by atoms with E-state index < -0.39 is 11.5 Å². The van der Waals surface area contributed by atoms with Crippen LogP contribution in [0.15, 0.2) is 11.6 Å². The van der Waals surface area contributed by atoms with Crippen LogP contribution in [0.1, 0.15) is 92.4 Å². The Morgan fingerprint density at radius 3 is 2.49 bits per heavy atom. The van der Waals surface area contributed by atoms with Crippen molar-refractivity contribution < 1.29 is 29.6 Å². The van der Waals surface area contributed by atoms with E-state index in [1.807, 2.05) is 0 Å². The van der Waals surface area contributed by atoms with Crippen LogP contribution in [-0.2, 0) is 14.3 Å². The number of allylic oxidation sites excluding steroid dienone is 1. The number of Topliss-reactive ketones (excluding diaryl/α,β-unsaturated/α-hetero) is 1. The summed E-state index contributed by atoms with van der Waals surface area (Å²) in [7, 11) is 0. The minimum atomic E-state index is -0.577. The summed E-state index contributed by atoms with van der Waals surface area (Å²) in [6.07, 6.45) is 8.05. The van der Waals surface area contributed by atoms with Crippen LogP contribution in [0.3, 0.4) is 0 Å². The summed E-state index contributed by atoms with van der Waals surface area (Å²) in [4.78, 5) is 25.5. The smallest absolute Gasteiger partial charge is 0.302 e. The largest absolute Gasteiger partial charge is 0.462 e. The van der Waals surface area contributed by atoms with Crippen molar-refractivity contribution in [2.75, 3.05) is 13.2 Å². The minimum absolute atomic E-state index is 0.0348. The number of hydrogen-bond donors (Lipinski definition) is 3. The Bertz CT molecular complexity index is 790. The Morgan fingerprint density at radius 2 is 1.89 bits per heavy atom. The quantitative estimate of drug-likeness (QED) is 0.308. The number of ketones is 1. The van der Waals surface area contributed by atoms with E-state index in [1.54, 1.807) is 0 Å². The summed E-state index contributed by atoms with van der Waals surface area (Å²) in [5, 5.41) is 31.4. The van der Waals surface area contributed by atoms with Crippen molar-refractivity contribution >= 4 is 11.8 Å². The Kier molecular flexibility index (Phi) is 9.26. The van der Waals surface area contributed by atoms with E-state index in [1.165, 1.54) is 6.92 Å². The first-order valence-electron chi connectivity index (χ1n) is 13.8. The monoisotopic (exact) mass is 492 g/mol. The summed E-state index contributed by atoms with van der Waals surface area (Å²) in [6, 6.07) is 0. The highest BCUT2D eigenvalue weighted by atomic mass is 16.5. The molecule has 6 nitrogen and oxygen atoms in total. The first kappa shape index (κ1) is 28.3. The molecule has 0 bridgehead atoms. The van der Waals surface area contributed by atoms with Crippen LogP contribution < -0.4 is 0 Å². The number of hydrogen-bond acceptors (Lipinski definition) is 6. The predicted molar refractivity (Wildman–Crippen MR) is 135 cm³/mol. The SMILES string of the molecule is CC(=O)O[C@H]1CC[C@]2(C)C(=O)[C@H]([C@@H]3CC[C@H]([C@H](CO)[C@@H](O)CCC(C)C)[C@@]3(C)CCO)CC=C2C1. The molecule has 2 saturated carbocycles. The average Bonchev–Trinajstić information content (AvgIpc) is 3.11. The molecule has 2 fully saturated rings. The van der Waals surface area contributed by atoms with E-state index in [4.69, 9.17) is 4.74 Å². The maximum atomic E-state index is 14.0. The van der Waals surface area contributed by atoms with Crippen molar-refractivity contribution in [1.82, 2.24) is 0 Å². The molecule has 3 aliphatic carbocycles. The Labute approximate surface area is 211 Å². The highest BCUT2D eigenvalue weighted by molar-refractivity contribution is 5.91. The van der Waals surface area contributed by atoms with Gasteiger partial charge in [-0.05, 0) is 81.5 Å². The second-order valence-electron chi connectivity index (χ2n) is 12.4. The number of fused-ring (bicyclic) bond motifs is 1. The number of ether oxygens (including phenoxy) is 1. The van der Waals surface area contributed by atoms with Crippen LogP contribution in [-0.4, -0.2) is 52.5 Å². The normalized spacial score (nSPS) is 37.1. The Hall–Kier alpha value is -1.24. The van der Waals surface area contributed by atoms with Gasteiger partial charge >= 0.3 is 5.97 Å². The van der Waals surface area contributed by atoms with E-state index in [0.29, 0.717) is 44.4 Å². The zero-order valence-corrected chi connectivity index (χ0v) is 22.5. The Morgan fingerprint density at radius 1 is 1.17 bits per heavy atom. The molecule has 35 heavy (non-hydrogen) atoms. The second kappa shape index (κ2) is 11.4. The highest BCUT2D eigenvalue weighted by Crippen LogP contribution is 2.59. The van der Waals surface area contributed by atoms with Gasteiger partial charge in [-0.3, -0.25) is 9.59 Å². The van der Waals surface area contributed by atoms with E-state index in [0.717, 1.165) is 24.8 Å². The lowest BCUT2D eigenvalue weighted by atomic mass is 9.55. The molecular weight excluding hydrogens is 444 g/mol. The molecule has 0 aliphatic heterocycles. The van der Waals surface area contributed by atoms with Gasteiger partial charge in [-0.25, -0.2) is 0 Å². The third-order valence-corrected chi connectivity index (χ3v) is 9.83. The van der Waals surface area contributed by atoms with Crippen LogP contribution in [0.4, 0.5) is 0 Å². The number of carbonyl (C=O) groups is 2. The summed E-state index contributed by atoms with van der Waals surface area (Å²) >= 11 is 0. The van der Waals surface area contributed by atoms with Gasteiger partial charge in [-0.1, -0.05) is 32.4 Å². The van der Waals surface area contributed by atoms with Gasteiger partial charge in [0.1, 0.15) is 11.9 Å². The van der Waals surface area contributed by atoms with Gasteiger partial charge < -0.3 is 20.1 Å². The third kappa shape index (κ3) is 5.70. The fourth-order valence-electron chi connectivity index (χ4n) is 7.75. The molecule has 0 saturated heterocycles. The van der Waals surface area contributed by atoms with Crippen molar-refractivity contribution in [3.63, 3.8) is 0 Å². The molecule has 3 N–H and O–H groups in total. The first-order valence-corrected chi connectivity index (χ1v) is 13.8. The summed E-state index contributed by atoms with van der Waals surface area (Å²) in [5.74, 6) is 0.313. The van der Waals surface area contributed by atoms with Crippen LogP contribution >= 0.6 is 0 Å². The van der Waals surface area contributed by atoms with Crippen molar-refractivity contribution in [2.24, 2.45) is 40.4 Å². The van der Waals surface area contributed by atoms with E-state index in [-0.39, 0.29) is 60.2 Å². The fraction of sp³-hybridized carbons (Fsp3) is 0.862. The zero-order valence-electron chi connectivity index (χ0n) is 22.5. The predicted octanol–water partition coefficient (Wildman–Crippen LogP) is 4.44. The lowest BCUT2D eigenvalue weighted by Crippen LogP contribution is -2.49. The standard InChI is InChI=1S/C29H48O6/c1-18(2)6-11-26(33)23(17-31)25-10-9-24(29(25,5)14-15-30)22-8-7-20-16-21(35-19(3)32)12-13-28(20,4)27(22)34/h7,18,21-26,30-31,33H,6,8-17H2,1-5H3/t21-,22-,23-,24-,25+,26-,28-,29-/m0/s1. The lowest BCUT2D eigenvalue weighted by Gasteiger charge is -2.48. The molecule has 3 rings (SSSR count). The zero-order chi connectivity index (χ0) is 26.0. The van der Waals surface area contributed by atoms with Gasteiger partial charge in [0.25, 0.3) is 0 Å². The van der Waals surface area contributed by atoms with E-state index in [9.17, 15) is 24.9 Å². The fourth-order valence-corrected chi connectivity index (χ4v) is 7.75. The molecule has 8 atom stereocenters. The molecule has 6 heteroatoms. The topological polar surface area (TPSA) is 104 Å². The Balaban J connectivity index is 1.83. The van der Waals surface area contributed by atoms with Gasteiger partial charge in [0.05, 0.1) is 6.10 Å². The molecular formula is C29H48O6. The lowest BCUT2D eigenvalue weighted by molar-refractivity contribution is -0.148. The van der Waals surface area contributed by atoms with Crippen molar-refractivity contribution in [3.05, 3.63) is 11.6 Å². The molecule has 0 radical (unpaired) electrons. The molecule has 0 unspecified atom stereocenters. The number of esters is 1. The first-order chi connectivity index (χ1) is 16.5. The van der Waals surface area contributed by atoms with Crippen molar-refractivity contribution in [1.29, 1.82) is 0 Å². The molecule has 0 aromatic heterocycles. The van der Waals surface area contributed by atoms with Crippen molar-refractivity contribution in [2.45, 2.75) is 105 Å². The third-order valence-electron chi connectivity index (χ3n) is 9.83. The van der Waals surface area contributed by atoms with E-state index in [2.05, 4.69) is 33.8 Å². The number of aliphatic hydroxyl groups excluding tert-OH is 3. The van der Waals surface area contributed by atoms with E-state index >= 15 is 0 Å². The minimum Gasteiger partial charge on any atom is -0.462 e. The summed E-state index contributed by atoms with van der Waals surface area (Å²) < 4.78 is 5.46. The number of rotatable bonds is 10. The summed E-state index contributed by atoms with van der Waals surface area (Å²) in [5.41, 5.74) is 0.259. The van der Waals surface area contributed by atoms with Gasteiger partial charge in [0, 0.05) is 43.8 Å². The number of carbonyl (C=O) groups excluding carboxylic acids is 2. The van der Waals surface area contributed by atoms with Crippen molar-refractivity contribution in [3.8, 4) is 0 Å². The van der Waals surface area contributed by atoms with Crippen LogP contribution in [0.25, 0.3) is 0 Å². The second-order valence-corrected chi connectivity index (χ2v) is 12.4. The molecule has 0 aromatic carbocycles. The maximum absolute atomic E-state index is 14.0. The van der Waals surface area contributed by atoms with Gasteiger partial charge in [-0.15, -0.1) is 0 Å².